The van der Waals surface area contributed by atoms with Crippen LogP contribution in [-0.4, -0.2) is 18.6 Å². The topological polar surface area (TPSA) is 38.3 Å². The van der Waals surface area contributed by atoms with Crippen LogP contribution in [0, 0.1) is 0 Å². The Morgan fingerprint density at radius 2 is 2.00 bits per heavy atom. The molecule has 2 rings (SSSR count). The van der Waals surface area contributed by atoms with Crippen molar-refractivity contribution in [2.45, 2.75) is 64.3 Å². The van der Waals surface area contributed by atoms with Gasteiger partial charge in [0.1, 0.15) is 5.75 Å². The molecule has 3 heteroatoms. The maximum Gasteiger partial charge on any atom is 0.251 e. The molecule has 0 unspecified atom stereocenters. The van der Waals surface area contributed by atoms with E-state index in [1.807, 2.05) is 24.3 Å². The molecule has 0 bridgehead atoms. The third kappa shape index (κ3) is 5.41. The van der Waals surface area contributed by atoms with Crippen LogP contribution in [0.1, 0.15) is 68.6 Å². The molecule has 0 heterocycles. The van der Waals surface area contributed by atoms with Gasteiger partial charge in [0.05, 0.1) is 6.61 Å². The Morgan fingerprint density at radius 1 is 1.24 bits per heavy atom. The highest BCUT2D eigenvalue weighted by molar-refractivity contribution is 5.94. The molecular formula is C18H27NO2. The van der Waals surface area contributed by atoms with Crippen molar-refractivity contribution in [3.05, 3.63) is 29.8 Å². The van der Waals surface area contributed by atoms with E-state index in [4.69, 9.17) is 4.74 Å². The van der Waals surface area contributed by atoms with E-state index in [0.717, 1.165) is 31.4 Å². The molecule has 1 aromatic rings. The fraction of sp³-hybridized carbons (Fsp3) is 0.611. The third-order valence-electron chi connectivity index (χ3n) is 4.05. The number of rotatable bonds is 6. The molecule has 0 atom stereocenters. The van der Waals surface area contributed by atoms with E-state index in [1.54, 1.807) is 0 Å². The SMILES string of the molecule is CCCCOc1cccc(C(=O)NC2CCCCCC2)c1. The highest BCUT2D eigenvalue weighted by atomic mass is 16.5. The van der Waals surface area contributed by atoms with Crippen LogP contribution in [0.2, 0.25) is 0 Å². The number of hydrogen-bond acceptors (Lipinski definition) is 2. The summed E-state index contributed by atoms with van der Waals surface area (Å²) in [5.74, 6) is 0.819. The zero-order chi connectivity index (χ0) is 14.9. The Balaban J connectivity index is 1.90. The van der Waals surface area contributed by atoms with Crippen molar-refractivity contribution in [1.29, 1.82) is 0 Å². The maximum absolute atomic E-state index is 12.3. The lowest BCUT2D eigenvalue weighted by Crippen LogP contribution is -2.34. The van der Waals surface area contributed by atoms with Crippen LogP contribution in [0.4, 0.5) is 0 Å². The zero-order valence-corrected chi connectivity index (χ0v) is 13.1. The van der Waals surface area contributed by atoms with Gasteiger partial charge in [0.2, 0.25) is 0 Å². The first-order chi connectivity index (χ1) is 10.3. The number of nitrogens with one attached hydrogen (secondary N) is 1. The van der Waals surface area contributed by atoms with E-state index in [1.165, 1.54) is 25.7 Å². The minimum Gasteiger partial charge on any atom is -0.494 e. The fourth-order valence-corrected chi connectivity index (χ4v) is 2.75. The average Bonchev–Trinajstić information content (AvgIpc) is 2.76. The number of carbonyl (C=O) groups excluding carboxylic acids is 1. The molecule has 21 heavy (non-hydrogen) atoms. The maximum atomic E-state index is 12.3. The molecule has 0 spiro atoms. The van der Waals surface area contributed by atoms with Crippen molar-refractivity contribution in [2.75, 3.05) is 6.61 Å². The summed E-state index contributed by atoms with van der Waals surface area (Å²) >= 11 is 0. The molecule has 0 radical (unpaired) electrons. The van der Waals surface area contributed by atoms with Crippen molar-refractivity contribution in [3.63, 3.8) is 0 Å². The van der Waals surface area contributed by atoms with E-state index in [-0.39, 0.29) is 5.91 Å². The normalized spacial score (nSPS) is 16.2. The van der Waals surface area contributed by atoms with Gasteiger partial charge in [0, 0.05) is 11.6 Å². The van der Waals surface area contributed by atoms with Gasteiger partial charge < -0.3 is 10.1 Å². The molecule has 1 N–H and O–H groups in total. The van der Waals surface area contributed by atoms with Gasteiger partial charge in [-0.05, 0) is 37.5 Å². The molecule has 1 aliphatic rings. The van der Waals surface area contributed by atoms with Gasteiger partial charge in [0.15, 0.2) is 0 Å². The van der Waals surface area contributed by atoms with Gasteiger partial charge in [-0.25, -0.2) is 0 Å². The molecule has 0 aliphatic heterocycles. The second-order valence-electron chi connectivity index (χ2n) is 5.89. The van der Waals surface area contributed by atoms with Crippen LogP contribution in [-0.2, 0) is 0 Å². The highest BCUT2D eigenvalue weighted by Crippen LogP contribution is 2.18. The van der Waals surface area contributed by atoms with E-state index in [0.29, 0.717) is 18.2 Å². The minimum atomic E-state index is 0.0304. The number of carbonyl (C=O) groups is 1. The number of amides is 1. The molecule has 116 valence electrons. The molecule has 3 nitrogen and oxygen atoms in total. The summed E-state index contributed by atoms with van der Waals surface area (Å²) in [5.41, 5.74) is 0.702. The summed E-state index contributed by atoms with van der Waals surface area (Å²) in [6.45, 7) is 2.85. The van der Waals surface area contributed by atoms with Crippen LogP contribution in [0.25, 0.3) is 0 Å². The number of hydrogen-bond donors (Lipinski definition) is 1. The first-order valence-corrected chi connectivity index (χ1v) is 8.33. The lowest BCUT2D eigenvalue weighted by molar-refractivity contribution is 0.0933. The van der Waals surface area contributed by atoms with Crippen molar-refractivity contribution >= 4 is 5.91 Å². The quantitative estimate of drug-likeness (QED) is 0.625. The summed E-state index contributed by atoms with van der Waals surface area (Å²) < 4.78 is 5.67. The lowest BCUT2D eigenvalue weighted by atomic mass is 10.1. The van der Waals surface area contributed by atoms with Gasteiger partial charge >= 0.3 is 0 Å². The summed E-state index contributed by atoms with van der Waals surface area (Å²) in [6, 6.07) is 7.85. The van der Waals surface area contributed by atoms with E-state index < -0.39 is 0 Å². The fourth-order valence-electron chi connectivity index (χ4n) is 2.75. The number of unbranched alkanes of at least 4 members (excludes halogenated alkanes) is 1. The Bertz CT molecular complexity index is 437. The Hall–Kier alpha value is -1.51. The molecule has 1 saturated carbocycles. The number of ether oxygens (including phenoxy) is 1. The smallest absolute Gasteiger partial charge is 0.251 e. The van der Waals surface area contributed by atoms with Crippen molar-refractivity contribution in [2.24, 2.45) is 0 Å². The summed E-state index contributed by atoms with van der Waals surface area (Å²) in [7, 11) is 0. The van der Waals surface area contributed by atoms with Crippen molar-refractivity contribution in [1.82, 2.24) is 5.32 Å². The average molecular weight is 289 g/mol. The largest absolute Gasteiger partial charge is 0.494 e. The second-order valence-corrected chi connectivity index (χ2v) is 5.89. The van der Waals surface area contributed by atoms with Crippen LogP contribution in [0.5, 0.6) is 5.75 Å². The van der Waals surface area contributed by atoms with Crippen molar-refractivity contribution < 1.29 is 9.53 Å². The van der Waals surface area contributed by atoms with E-state index in [2.05, 4.69) is 12.2 Å². The summed E-state index contributed by atoms with van der Waals surface area (Å²) in [5, 5.41) is 3.18. The van der Waals surface area contributed by atoms with Crippen LogP contribution in [0.15, 0.2) is 24.3 Å². The third-order valence-corrected chi connectivity index (χ3v) is 4.05. The van der Waals surface area contributed by atoms with Crippen LogP contribution < -0.4 is 10.1 Å². The monoisotopic (exact) mass is 289 g/mol. The van der Waals surface area contributed by atoms with Gasteiger partial charge in [-0.15, -0.1) is 0 Å². The Labute approximate surface area is 128 Å². The zero-order valence-electron chi connectivity index (χ0n) is 13.1. The first kappa shape index (κ1) is 15.9. The Morgan fingerprint density at radius 3 is 2.71 bits per heavy atom. The van der Waals surface area contributed by atoms with Gasteiger partial charge in [0.25, 0.3) is 5.91 Å². The van der Waals surface area contributed by atoms with Gasteiger partial charge in [-0.1, -0.05) is 45.1 Å². The molecule has 1 fully saturated rings. The molecule has 1 aliphatic carbocycles. The summed E-state index contributed by atoms with van der Waals surface area (Å²) in [6.07, 6.45) is 9.42. The highest BCUT2D eigenvalue weighted by Gasteiger charge is 2.16. The van der Waals surface area contributed by atoms with Crippen molar-refractivity contribution in [3.8, 4) is 5.75 Å². The predicted molar refractivity (Wildman–Crippen MR) is 85.8 cm³/mol. The molecule has 1 amide bonds. The molecule has 0 saturated heterocycles. The molecule has 0 aromatic heterocycles. The van der Waals surface area contributed by atoms with E-state index >= 15 is 0 Å². The molecule has 1 aromatic carbocycles. The van der Waals surface area contributed by atoms with Crippen LogP contribution in [0.3, 0.4) is 0 Å². The lowest BCUT2D eigenvalue weighted by Gasteiger charge is -2.16. The van der Waals surface area contributed by atoms with E-state index in [9.17, 15) is 4.79 Å². The predicted octanol–water partition coefficient (Wildman–Crippen LogP) is 4.32. The Kier molecular flexibility index (Phi) is 6.58. The number of benzene rings is 1. The standard InChI is InChI=1S/C18H27NO2/c1-2-3-13-21-17-12-8-9-15(14-17)18(20)19-16-10-6-4-5-7-11-16/h8-9,12,14,16H,2-7,10-11,13H2,1H3,(H,19,20). The van der Waals surface area contributed by atoms with Gasteiger partial charge in [-0.3, -0.25) is 4.79 Å². The summed E-state index contributed by atoms with van der Waals surface area (Å²) in [4.78, 5) is 12.3. The molecular weight excluding hydrogens is 262 g/mol. The van der Waals surface area contributed by atoms with Gasteiger partial charge in [-0.2, -0.15) is 0 Å². The minimum absolute atomic E-state index is 0.0304. The first-order valence-electron chi connectivity index (χ1n) is 8.33. The second kappa shape index (κ2) is 8.71. The van der Waals surface area contributed by atoms with Crippen LogP contribution >= 0.6 is 0 Å².